The van der Waals surface area contributed by atoms with Crippen molar-refractivity contribution >= 4 is 11.3 Å². The topological polar surface area (TPSA) is 53.2 Å². The van der Waals surface area contributed by atoms with Gasteiger partial charge in [-0.2, -0.15) is 5.26 Å². The highest BCUT2D eigenvalue weighted by molar-refractivity contribution is 7.12. The number of hydrogen-bond acceptors (Lipinski definition) is 4. The number of ether oxygens (including phenoxy) is 1. The summed E-state index contributed by atoms with van der Waals surface area (Å²) in [5.41, 5.74) is 0.121. The molecule has 0 spiro atoms. The quantitative estimate of drug-likeness (QED) is 0.879. The van der Waals surface area contributed by atoms with Crippen LogP contribution in [0.2, 0.25) is 0 Å². The average Bonchev–Trinajstić information content (AvgIpc) is 2.68. The standard InChI is InChI=1S/C13H17NO2S/c1-9-6-11(10(2)17-9)12(15)13(7-14)4-3-5-16-8-13/h6,12,15H,3-5,8H2,1-2H3. The van der Waals surface area contributed by atoms with E-state index in [-0.39, 0.29) is 0 Å². The first-order valence-corrected chi connectivity index (χ1v) is 6.65. The smallest absolute Gasteiger partial charge is 0.111 e. The molecule has 1 aliphatic heterocycles. The summed E-state index contributed by atoms with van der Waals surface area (Å²) < 4.78 is 5.39. The number of aliphatic hydroxyl groups is 1. The number of thiophene rings is 1. The monoisotopic (exact) mass is 251 g/mol. The molecule has 0 radical (unpaired) electrons. The molecule has 0 bridgehead atoms. The van der Waals surface area contributed by atoms with E-state index in [1.807, 2.05) is 19.9 Å². The van der Waals surface area contributed by atoms with Crippen molar-refractivity contribution in [3.05, 3.63) is 21.4 Å². The third kappa shape index (κ3) is 2.23. The van der Waals surface area contributed by atoms with E-state index in [1.165, 1.54) is 4.88 Å². The molecule has 1 aromatic heterocycles. The average molecular weight is 251 g/mol. The van der Waals surface area contributed by atoms with Gasteiger partial charge in [0.05, 0.1) is 12.7 Å². The summed E-state index contributed by atoms with van der Waals surface area (Å²) >= 11 is 1.66. The van der Waals surface area contributed by atoms with Gasteiger partial charge in [-0.3, -0.25) is 0 Å². The van der Waals surface area contributed by atoms with E-state index in [2.05, 4.69) is 6.07 Å². The summed E-state index contributed by atoms with van der Waals surface area (Å²) in [4.78, 5) is 2.26. The van der Waals surface area contributed by atoms with E-state index < -0.39 is 11.5 Å². The molecule has 3 nitrogen and oxygen atoms in total. The first-order valence-electron chi connectivity index (χ1n) is 5.83. The van der Waals surface area contributed by atoms with Gasteiger partial charge in [-0.25, -0.2) is 0 Å². The number of rotatable bonds is 2. The van der Waals surface area contributed by atoms with Crippen LogP contribution in [0.1, 0.15) is 34.3 Å². The van der Waals surface area contributed by atoms with Crippen molar-refractivity contribution in [2.75, 3.05) is 13.2 Å². The van der Waals surface area contributed by atoms with Crippen molar-refractivity contribution < 1.29 is 9.84 Å². The van der Waals surface area contributed by atoms with Gasteiger partial charge in [0, 0.05) is 16.4 Å². The molecule has 0 aromatic carbocycles. The van der Waals surface area contributed by atoms with Gasteiger partial charge in [0.25, 0.3) is 0 Å². The van der Waals surface area contributed by atoms with E-state index in [0.717, 1.165) is 16.9 Å². The number of aryl methyl sites for hydroxylation is 2. The molecule has 2 rings (SSSR count). The zero-order chi connectivity index (χ0) is 12.5. The molecule has 2 heterocycles. The van der Waals surface area contributed by atoms with Crippen LogP contribution in [0.3, 0.4) is 0 Å². The molecule has 17 heavy (non-hydrogen) atoms. The first-order chi connectivity index (χ1) is 8.09. The van der Waals surface area contributed by atoms with Gasteiger partial charge in [0.1, 0.15) is 11.5 Å². The van der Waals surface area contributed by atoms with Crippen molar-refractivity contribution in [1.29, 1.82) is 5.26 Å². The minimum absolute atomic E-state index is 0.332. The molecule has 1 aliphatic rings. The molecule has 0 saturated carbocycles. The lowest BCUT2D eigenvalue weighted by Crippen LogP contribution is -2.36. The Morgan fingerprint density at radius 2 is 2.35 bits per heavy atom. The summed E-state index contributed by atoms with van der Waals surface area (Å²) in [6.07, 6.45) is 0.809. The molecule has 4 heteroatoms. The first kappa shape index (κ1) is 12.6. The third-order valence-corrected chi connectivity index (χ3v) is 4.37. The van der Waals surface area contributed by atoms with E-state index >= 15 is 0 Å². The van der Waals surface area contributed by atoms with Crippen LogP contribution >= 0.6 is 11.3 Å². The Balaban J connectivity index is 2.32. The fourth-order valence-electron chi connectivity index (χ4n) is 2.40. The molecule has 1 N–H and O–H groups in total. The molecule has 92 valence electrons. The summed E-state index contributed by atoms with van der Waals surface area (Å²) in [6, 6.07) is 4.27. The Kier molecular flexibility index (Phi) is 3.53. The molecule has 1 aromatic rings. The zero-order valence-electron chi connectivity index (χ0n) is 10.2. The largest absolute Gasteiger partial charge is 0.387 e. The van der Waals surface area contributed by atoms with E-state index in [1.54, 1.807) is 11.3 Å². The number of nitrogens with zero attached hydrogens (tertiary/aromatic N) is 1. The Morgan fingerprint density at radius 1 is 1.59 bits per heavy atom. The number of nitriles is 1. The van der Waals surface area contributed by atoms with Crippen LogP contribution in [-0.2, 0) is 4.74 Å². The summed E-state index contributed by atoms with van der Waals surface area (Å²) in [6.45, 7) is 5.03. The normalized spacial score (nSPS) is 26.5. The van der Waals surface area contributed by atoms with Gasteiger partial charge in [0.15, 0.2) is 0 Å². The van der Waals surface area contributed by atoms with Gasteiger partial charge < -0.3 is 9.84 Å². The van der Waals surface area contributed by atoms with Crippen molar-refractivity contribution in [1.82, 2.24) is 0 Å². The molecule has 1 saturated heterocycles. The molecular weight excluding hydrogens is 234 g/mol. The molecular formula is C13H17NO2S. The van der Waals surface area contributed by atoms with Gasteiger partial charge in [-0.05, 0) is 38.3 Å². The van der Waals surface area contributed by atoms with Crippen molar-refractivity contribution in [3.8, 4) is 6.07 Å². The van der Waals surface area contributed by atoms with Gasteiger partial charge in [-0.15, -0.1) is 11.3 Å². The minimum atomic E-state index is -0.767. The van der Waals surface area contributed by atoms with Crippen molar-refractivity contribution in [2.24, 2.45) is 5.41 Å². The van der Waals surface area contributed by atoms with Crippen LogP contribution in [0.25, 0.3) is 0 Å². The lowest BCUT2D eigenvalue weighted by atomic mass is 9.76. The van der Waals surface area contributed by atoms with Crippen LogP contribution in [0.5, 0.6) is 0 Å². The Morgan fingerprint density at radius 3 is 2.82 bits per heavy atom. The second-order valence-electron chi connectivity index (χ2n) is 4.70. The van der Waals surface area contributed by atoms with Crippen LogP contribution in [0.15, 0.2) is 6.07 Å². The maximum absolute atomic E-state index is 10.5. The Bertz CT molecular complexity index is 441. The lowest BCUT2D eigenvalue weighted by molar-refractivity contribution is -0.0506. The summed E-state index contributed by atoms with van der Waals surface area (Å²) in [5.74, 6) is 0. The SMILES string of the molecule is Cc1cc(C(O)C2(C#N)CCCOC2)c(C)s1. The van der Waals surface area contributed by atoms with Crippen molar-refractivity contribution in [3.63, 3.8) is 0 Å². The predicted molar refractivity (Wildman–Crippen MR) is 66.9 cm³/mol. The van der Waals surface area contributed by atoms with E-state index in [0.29, 0.717) is 19.6 Å². The summed E-state index contributed by atoms with van der Waals surface area (Å²) in [5, 5.41) is 19.9. The molecule has 2 atom stereocenters. The molecule has 1 fully saturated rings. The number of hydrogen-bond donors (Lipinski definition) is 1. The Labute approximate surface area is 106 Å². The van der Waals surface area contributed by atoms with Gasteiger partial charge in [0.2, 0.25) is 0 Å². The number of aliphatic hydroxyl groups excluding tert-OH is 1. The van der Waals surface area contributed by atoms with Crippen LogP contribution in [0.4, 0.5) is 0 Å². The second-order valence-corrected chi connectivity index (χ2v) is 6.16. The highest BCUT2D eigenvalue weighted by atomic mass is 32.1. The highest BCUT2D eigenvalue weighted by Gasteiger charge is 2.42. The van der Waals surface area contributed by atoms with Crippen molar-refractivity contribution in [2.45, 2.75) is 32.8 Å². The summed E-state index contributed by atoms with van der Waals surface area (Å²) in [7, 11) is 0. The zero-order valence-corrected chi connectivity index (χ0v) is 11.0. The van der Waals surface area contributed by atoms with Crippen LogP contribution in [-0.4, -0.2) is 18.3 Å². The maximum Gasteiger partial charge on any atom is 0.111 e. The lowest BCUT2D eigenvalue weighted by Gasteiger charge is -2.34. The predicted octanol–water partition coefficient (Wildman–Crippen LogP) is 2.72. The van der Waals surface area contributed by atoms with E-state index in [9.17, 15) is 10.4 Å². The molecule has 2 unspecified atom stereocenters. The Hall–Kier alpha value is -0.890. The highest BCUT2D eigenvalue weighted by Crippen LogP contribution is 2.42. The fourth-order valence-corrected chi connectivity index (χ4v) is 3.36. The second kappa shape index (κ2) is 4.77. The molecule has 0 aliphatic carbocycles. The van der Waals surface area contributed by atoms with Crippen LogP contribution < -0.4 is 0 Å². The van der Waals surface area contributed by atoms with Crippen LogP contribution in [0, 0.1) is 30.6 Å². The fraction of sp³-hybridized carbons (Fsp3) is 0.615. The van der Waals surface area contributed by atoms with E-state index in [4.69, 9.17) is 4.74 Å². The van der Waals surface area contributed by atoms with Gasteiger partial charge >= 0.3 is 0 Å². The maximum atomic E-state index is 10.5. The van der Waals surface area contributed by atoms with Gasteiger partial charge in [-0.1, -0.05) is 0 Å². The minimum Gasteiger partial charge on any atom is -0.387 e. The molecule has 0 amide bonds. The third-order valence-electron chi connectivity index (χ3n) is 3.39.